The Hall–Kier alpha value is -3.08. The van der Waals surface area contributed by atoms with Gasteiger partial charge in [0.05, 0.1) is 21.3 Å². The van der Waals surface area contributed by atoms with Crippen LogP contribution in [0.2, 0.25) is 10.0 Å². The lowest BCUT2D eigenvalue weighted by Gasteiger charge is -2.17. The van der Waals surface area contributed by atoms with Crippen LogP contribution in [0.25, 0.3) is 5.57 Å². The fourth-order valence-corrected chi connectivity index (χ4v) is 3.63. The van der Waals surface area contributed by atoms with Gasteiger partial charge < -0.3 is 5.32 Å². The fraction of sp³-hybridized carbons (Fsp3) is 0.0435. The number of halogens is 2. The Morgan fingerprint density at radius 3 is 2.21 bits per heavy atom. The topological polar surface area (TPSA) is 49.4 Å². The molecular weight excluding hydrogens is 407 g/mol. The summed E-state index contributed by atoms with van der Waals surface area (Å²) in [7, 11) is 0. The van der Waals surface area contributed by atoms with Crippen LogP contribution in [0.1, 0.15) is 11.1 Å². The maximum Gasteiger partial charge on any atom is 0.282 e. The van der Waals surface area contributed by atoms with Crippen molar-refractivity contribution in [2.24, 2.45) is 0 Å². The van der Waals surface area contributed by atoms with Crippen molar-refractivity contribution in [2.75, 3.05) is 10.2 Å². The van der Waals surface area contributed by atoms with Crippen LogP contribution in [0.3, 0.4) is 0 Å². The number of aryl methyl sites for hydroxylation is 1. The first-order valence-electron chi connectivity index (χ1n) is 8.94. The molecule has 0 fully saturated rings. The number of para-hydroxylation sites is 1. The van der Waals surface area contributed by atoms with E-state index in [0.29, 0.717) is 5.56 Å². The van der Waals surface area contributed by atoms with Gasteiger partial charge in [-0.25, -0.2) is 4.90 Å². The summed E-state index contributed by atoms with van der Waals surface area (Å²) in [6.07, 6.45) is 0. The summed E-state index contributed by atoms with van der Waals surface area (Å²) >= 11 is 12.4. The minimum atomic E-state index is -0.485. The molecule has 3 aromatic rings. The maximum atomic E-state index is 13.4. The molecule has 29 heavy (non-hydrogen) atoms. The first kappa shape index (κ1) is 19.2. The van der Waals surface area contributed by atoms with Crippen molar-refractivity contribution in [1.29, 1.82) is 0 Å². The molecule has 4 rings (SSSR count). The second kappa shape index (κ2) is 7.74. The van der Waals surface area contributed by atoms with Gasteiger partial charge in [-0.15, -0.1) is 0 Å². The minimum absolute atomic E-state index is 0.153. The van der Waals surface area contributed by atoms with Crippen molar-refractivity contribution in [3.63, 3.8) is 0 Å². The number of hydrogen-bond donors (Lipinski definition) is 1. The molecule has 6 heteroatoms. The molecular formula is C23H16Cl2N2O2. The number of nitrogens with zero attached hydrogens (tertiary/aromatic N) is 1. The summed E-state index contributed by atoms with van der Waals surface area (Å²) in [5.41, 5.74) is 3.08. The molecule has 0 atom stereocenters. The molecule has 1 aliphatic rings. The Morgan fingerprint density at radius 1 is 0.793 bits per heavy atom. The lowest BCUT2D eigenvalue weighted by atomic mass is 10.0. The SMILES string of the molecule is Cc1ccccc1NC1=C(c2ccccc2)C(=O)N(c2cccc(Cl)c2Cl)C1=O. The highest BCUT2D eigenvalue weighted by atomic mass is 35.5. The van der Waals surface area contributed by atoms with Gasteiger partial charge >= 0.3 is 0 Å². The Bertz CT molecular complexity index is 1160. The number of benzene rings is 3. The first-order chi connectivity index (χ1) is 14.0. The van der Waals surface area contributed by atoms with Crippen LogP contribution in [0.4, 0.5) is 11.4 Å². The van der Waals surface area contributed by atoms with Crippen LogP contribution in [0.5, 0.6) is 0 Å². The molecule has 0 radical (unpaired) electrons. The van der Waals surface area contributed by atoms with Crippen LogP contribution < -0.4 is 10.2 Å². The number of carbonyl (C=O) groups excluding carboxylic acids is 2. The van der Waals surface area contributed by atoms with E-state index >= 15 is 0 Å². The zero-order chi connectivity index (χ0) is 20.5. The maximum absolute atomic E-state index is 13.4. The lowest BCUT2D eigenvalue weighted by molar-refractivity contribution is -0.120. The summed E-state index contributed by atoms with van der Waals surface area (Å²) in [5, 5.41) is 3.59. The standard InChI is InChI=1S/C23H16Cl2N2O2/c1-14-8-5-6-12-17(14)26-21-19(15-9-3-2-4-10-15)22(28)27(23(21)29)18-13-7-11-16(24)20(18)25/h2-13,26H,1H3. The third-order valence-electron chi connectivity index (χ3n) is 4.72. The summed E-state index contributed by atoms with van der Waals surface area (Å²) in [4.78, 5) is 27.8. The van der Waals surface area contributed by atoms with Crippen molar-refractivity contribution in [3.05, 3.63) is 99.7 Å². The highest BCUT2D eigenvalue weighted by molar-refractivity contribution is 6.50. The summed E-state index contributed by atoms with van der Waals surface area (Å²) in [6, 6.07) is 21.5. The van der Waals surface area contributed by atoms with Gasteiger partial charge in [0.1, 0.15) is 5.70 Å². The predicted octanol–water partition coefficient (Wildman–Crippen LogP) is 5.70. The minimum Gasteiger partial charge on any atom is -0.350 e. The van der Waals surface area contributed by atoms with Crippen molar-refractivity contribution < 1.29 is 9.59 Å². The molecule has 0 spiro atoms. The zero-order valence-electron chi connectivity index (χ0n) is 15.4. The second-order valence-corrected chi connectivity index (χ2v) is 7.36. The van der Waals surface area contributed by atoms with Gasteiger partial charge in [0.15, 0.2) is 0 Å². The van der Waals surface area contributed by atoms with E-state index in [4.69, 9.17) is 23.2 Å². The van der Waals surface area contributed by atoms with Gasteiger partial charge in [-0.2, -0.15) is 0 Å². The Labute approximate surface area is 178 Å². The van der Waals surface area contributed by atoms with Crippen LogP contribution in [-0.4, -0.2) is 11.8 Å². The molecule has 1 N–H and O–H groups in total. The Kier molecular flexibility index (Phi) is 5.14. The Balaban J connectivity index is 1.87. The highest BCUT2D eigenvalue weighted by Gasteiger charge is 2.41. The van der Waals surface area contributed by atoms with E-state index in [0.717, 1.165) is 16.2 Å². The van der Waals surface area contributed by atoms with Gasteiger partial charge in [0.2, 0.25) is 0 Å². The van der Waals surface area contributed by atoms with E-state index in [1.54, 1.807) is 30.3 Å². The van der Waals surface area contributed by atoms with E-state index in [1.165, 1.54) is 0 Å². The van der Waals surface area contributed by atoms with E-state index < -0.39 is 11.8 Å². The third kappa shape index (κ3) is 3.41. The zero-order valence-corrected chi connectivity index (χ0v) is 17.0. The van der Waals surface area contributed by atoms with Crippen molar-refractivity contribution >= 4 is 52.0 Å². The molecule has 1 aliphatic heterocycles. The predicted molar refractivity (Wildman–Crippen MR) is 117 cm³/mol. The molecule has 2 amide bonds. The number of hydrogen-bond acceptors (Lipinski definition) is 3. The van der Waals surface area contributed by atoms with E-state index in [-0.39, 0.29) is 27.0 Å². The van der Waals surface area contributed by atoms with Gasteiger partial charge in [0.25, 0.3) is 11.8 Å². The van der Waals surface area contributed by atoms with Gasteiger partial charge in [-0.1, -0.05) is 77.8 Å². The van der Waals surface area contributed by atoms with Crippen LogP contribution >= 0.6 is 23.2 Å². The van der Waals surface area contributed by atoms with Crippen molar-refractivity contribution in [1.82, 2.24) is 0 Å². The van der Waals surface area contributed by atoms with E-state index in [1.807, 2.05) is 49.4 Å². The van der Waals surface area contributed by atoms with E-state index in [2.05, 4.69) is 5.32 Å². The molecule has 0 saturated carbocycles. The number of nitrogens with one attached hydrogen (secondary N) is 1. The van der Waals surface area contributed by atoms with Crippen LogP contribution in [-0.2, 0) is 9.59 Å². The molecule has 0 aromatic heterocycles. The summed E-state index contributed by atoms with van der Waals surface area (Å²) < 4.78 is 0. The fourth-order valence-electron chi connectivity index (χ4n) is 3.25. The van der Waals surface area contributed by atoms with Crippen molar-refractivity contribution in [2.45, 2.75) is 6.92 Å². The highest BCUT2D eigenvalue weighted by Crippen LogP contribution is 2.39. The molecule has 3 aromatic carbocycles. The molecule has 0 aliphatic carbocycles. The first-order valence-corrected chi connectivity index (χ1v) is 9.70. The largest absolute Gasteiger partial charge is 0.350 e. The molecule has 1 heterocycles. The number of imide groups is 1. The van der Waals surface area contributed by atoms with Gasteiger partial charge in [0, 0.05) is 5.69 Å². The smallest absolute Gasteiger partial charge is 0.282 e. The molecule has 0 saturated heterocycles. The van der Waals surface area contributed by atoms with Gasteiger partial charge in [-0.05, 0) is 36.2 Å². The molecule has 0 unspecified atom stereocenters. The third-order valence-corrected chi connectivity index (χ3v) is 5.53. The summed E-state index contributed by atoms with van der Waals surface area (Å²) in [5.74, 6) is -0.942. The quantitative estimate of drug-likeness (QED) is 0.548. The van der Waals surface area contributed by atoms with Crippen molar-refractivity contribution in [3.8, 4) is 0 Å². The molecule has 144 valence electrons. The average molecular weight is 423 g/mol. The Morgan fingerprint density at radius 2 is 1.48 bits per heavy atom. The van der Waals surface area contributed by atoms with Gasteiger partial charge in [-0.3, -0.25) is 9.59 Å². The number of amides is 2. The molecule has 4 nitrogen and oxygen atoms in total. The van der Waals surface area contributed by atoms with Crippen LogP contribution in [0.15, 0.2) is 78.5 Å². The van der Waals surface area contributed by atoms with E-state index in [9.17, 15) is 9.59 Å². The molecule has 0 bridgehead atoms. The monoisotopic (exact) mass is 422 g/mol. The van der Waals surface area contributed by atoms with Crippen LogP contribution in [0, 0.1) is 6.92 Å². The second-order valence-electron chi connectivity index (χ2n) is 6.57. The number of anilines is 2. The summed E-state index contributed by atoms with van der Waals surface area (Å²) in [6.45, 7) is 1.93. The normalized spacial score (nSPS) is 14.0. The number of rotatable bonds is 4. The number of carbonyl (C=O) groups is 2. The average Bonchev–Trinajstić information content (AvgIpc) is 2.96. The lowest BCUT2D eigenvalue weighted by Crippen LogP contribution is -2.32.